The molecule has 2 unspecified atom stereocenters. The van der Waals surface area contributed by atoms with Gasteiger partial charge in [0.1, 0.15) is 0 Å². The smallest absolute Gasteiger partial charge is 0.309 e. The van der Waals surface area contributed by atoms with Crippen LogP contribution >= 0.6 is 0 Å². The summed E-state index contributed by atoms with van der Waals surface area (Å²) in [7, 11) is 0. The van der Waals surface area contributed by atoms with E-state index in [0.29, 0.717) is 32.7 Å². The molecule has 21 heavy (non-hydrogen) atoms. The Morgan fingerprint density at radius 2 is 1.67 bits per heavy atom. The molecule has 0 aliphatic rings. The van der Waals surface area contributed by atoms with Gasteiger partial charge in [0.25, 0.3) is 0 Å². The molecule has 1 N–H and O–H groups in total. The van der Waals surface area contributed by atoms with E-state index in [9.17, 15) is 9.90 Å². The second-order valence-electron chi connectivity index (χ2n) is 4.90. The molecule has 0 saturated heterocycles. The molecule has 0 aromatic rings. The third-order valence-electron chi connectivity index (χ3n) is 3.30. The monoisotopic (exact) mass is 302 g/mol. The average Bonchev–Trinajstić information content (AvgIpc) is 2.43. The first-order valence-corrected chi connectivity index (χ1v) is 7.67. The number of aliphatic hydroxyl groups excluding tert-OH is 1. The lowest BCUT2D eigenvalue weighted by molar-refractivity contribution is -0.158. The van der Waals surface area contributed by atoms with Crippen LogP contribution in [0.15, 0.2) is 12.2 Å². The Labute approximate surface area is 128 Å². The first-order valence-electron chi connectivity index (χ1n) is 7.67. The zero-order valence-electron chi connectivity index (χ0n) is 13.8. The minimum Gasteiger partial charge on any atom is -0.466 e. The molecule has 0 rings (SSSR count). The van der Waals surface area contributed by atoms with Crippen molar-refractivity contribution in [3.8, 4) is 0 Å². The van der Waals surface area contributed by atoms with Crippen molar-refractivity contribution >= 4 is 5.97 Å². The maximum Gasteiger partial charge on any atom is 0.309 e. The number of esters is 1. The zero-order valence-corrected chi connectivity index (χ0v) is 13.8. The van der Waals surface area contributed by atoms with Crippen molar-refractivity contribution in [2.75, 3.05) is 26.4 Å². The Hall–Kier alpha value is -0.910. The SMILES string of the molecule is C=C(C)C(CC(OCC)OCC)C(CCO)C(=O)OCC. The Morgan fingerprint density at radius 3 is 2.05 bits per heavy atom. The molecular weight excluding hydrogens is 272 g/mol. The van der Waals surface area contributed by atoms with Crippen molar-refractivity contribution in [2.24, 2.45) is 11.8 Å². The van der Waals surface area contributed by atoms with Crippen molar-refractivity contribution in [3.05, 3.63) is 12.2 Å². The van der Waals surface area contributed by atoms with Crippen LogP contribution in [0.4, 0.5) is 0 Å². The van der Waals surface area contributed by atoms with Crippen molar-refractivity contribution < 1.29 is 24.1 Å². The number of allylic oxidation sites excluding steroid dienone is 1. The second-order valence-corrected chi connectivity index (χ2v) is 4.90. The van der Waals surface area contributed by atoms with Gasteiger partial charge in [-0.15, -0.1) is 0 Å². The molecule has 0 fully saturated rings. The third-order valence-corrected chi connectivity index (χ3v) is 3.30. The summed E-state index contributed by atoms with van der Waals surface area (Å²) < 4.78 is 16.2. The van der Waals surface area contributed by atoms with E-state index in [1.54, 1.807) is 6.92 Å². The lowest BCUT2D eigenvalue weighted by Gasteiger charge is -2.29. The minimum atomic E-state index is -0.420. The van der Waals surface area contributed by atoms with E-state index in [0.717, 1.165) is 5.57 Å². The van der Waals surface area contributed by atoms with Crippen molar-refractivity contribution in [2.45, 2.75) is 46.8 Å². The largest absolute Gasteiger partial charge is 0.466 e. The average molecular weight is 302 g/mol. The van der Waals surface area contributed by atoms with Gasteiger partial charge in [0.2, 0.25) is 0 Å². The first-order chi connectivity index (χ1) is 10.0. The molecule has 5 heteroatoms. The summed E-state index contributed by atoms with van der Waals surface area (Å²) in [5, 5.41) is 9.23. The molecule has 0 saturated carbocycles. The fourth-order valence-corrected chi connectivity index (χ4v) is 2.34. The molecule has 0 aliphatic carbocycles. The number of carbonyl (C=O) groups excluding carboxylic acids is 1. The van der Waals surface area contributed by atoms with Gasteiger partial charge in [-0.05, 0) is 40.0 Å². The maximum absolute atomic E-state index is 12.1. The first kappa shape index (κ1) is 20.1. The Kier molecular flexibility index (Phi) is 11.2. The molecule has 0 aromatic carbocycles. The van der Waals surface area contributed by atoms with Crippen LogP contribution < -0.4 is 0 Å². The molecule has 0 heterocycles. The number of hydrogen-bond donors (Lipinski definition) is 1. The minimum absolute atomic E-state index is 0.0683. The Bertz CT molecular complexity index is 297. The molecule has 2 atom stereocenters. The Morgan fingerprint density at radius 1 is 1.10 bits per heavy atom. The van der Waals surface area contributed by atoms with Gasteiger partial charge < -0.3 is 19.3 Å². The molecular formula is C16H30O5. The fourth-order valence-electron chi connectivity index (χ4n) is 2.34. The van der Waals surface area contributed by atoms with Crippen LogP contribution in [-0.2, 0) is 19.0 Å². The van der Waals surface area contributed by atoms with Crippen LogP contribution in [0.1, 0.15) is 40.5 Å². The summed E-state index contributed by atoms with van der Waals surface area (Å²) in [6.07, 6.45) is 0.499. The number of carbonyl (C=O) groups is 1. The van der Waals surface area contributed by atoms with Crippen LogP contribution in [0.3, 0.4) is 0 Å². The predicted octanol–water partition coefficient (Wildman–Crippen LogP) is 2.53. The fraction of sp³-hybridized carbons (Fsp3) is 0.812. The van der Waals surface area contributed by atoms with E-state index in [4.69, 9.17) is 14.2 Å². The van der Waals surface area contributed by atoms with E-state index < -0.39 is 5.92 Å². The maximum atomic E-state index is 12.1. The highest BCUT2D eigenvalue weighted by atomic mass is 16.7. The van der Waals surface area contributed by atoms with Gasteiger partial charge in [0.15, 0.2) is 6.29 Å². The second kappa shape index (κ2) is 11.7. The number of aliphatic hydroxyl groups is 1. The quantitative estimate of drug-likeness (QED) is 0.341. The number of ether oxygens (including phenoxy) is 3. The van der Waals surface area contributed by atoms with E-state index in [-0.39, 0.29) is 24.8 Å². The summed E-state index contributed by atoms with van der Waals surface area (Å²) in [4.78, 5) is 12.1. The van der Waals surface area contributed by atoms with Crippen molar-refractivity contribution in [3.63, 3.8) is 0 Å². The predicted molar refractivity (Wildman–Crippen MR) is 81.8 cm³/mol. The van der Waals surface area contributed by atoms with Gasteiger partial charge in [-0.2, -0.15) is 0 Å². The summed E-state index contributed by atoms with van der Waals surface area (Å²) >= 11 is 0. The van der Waals surface area contributed by atoms with E-state index >= 15 is 0 Å². The van der Waals surface area contributed by atoms with Crippen LogP contribution in [0.5, 0.6) is 0 Å². The highest BCUT2D eigenvalue weighted by Crippen LogP contribution is 2.29. The number of hydrogen-bond acceptors (Lipinski definition) is 5. The van der Waals surface area contributed by atoms with Gasteiger partial charge >= 0.3 is 5.97 Å². The normalized spacial score (nSPS) is 14.0. The molecule has 0 bridgehead atoms. The van der Waals surface area contributed by atoms with Crippen LogP contribution in [0, 0.1) is 11.8 Å². The third kappa shape index (κ3) is 7.60. The van der Waals surface area contributed by atoms with Gasteiger partial charge in [0.05, 0.1) is 12.5 Å². The van der Waals surface area contributed by atoms with Crippen LogP contribution in [0.25, 0.3) is 0 Å². The number of rotatable bonds is 12. The lowest BCUT2D eigenvalue weighted by Crippen LogP contribution is -2.32. The highest BCUT2D eigenvalue weighted by molar-refractivity contribution is 5.73. The van der Waals surface area contributed by atoms with E-state index in [1.165, 1.54) is 0 Å². The van der Waals surface area contributed by atoms with E-state index in [2.05, 4.69) is 6.58 Å². The van der Waals surface area contributed by atoms with Gasteiger partial charge in [-0.1, -0.05) is 12.2 Å². The summed E-state index contributed by atoms with van der Waals surface area (Å²) in [5.41, 5.74) is 0.867. The molecule has 5 nitrogen and oxygen atoms in total. The summed E-state index contributed by atoms with van der Waals surface area (Å²) in [6, 6.07) is 0. The Balaban J connectivity index is 5.02. The zero-order chi connectivity index (χ0) is 16.3. The molecule has 0 aliphatic heterocycles. The van der Waals surface area contributed by atoms with Crippen LogP contribution in [-0.4, -0.2) is 43.8 Å². The highest BCUT2D eigenvalue weighted by Gasteiger charge is 2.32. The van der Waals surface area contributed by atoms with E-state index in [1.807, 2.05) is 20.8 Å². The van der Waals surface area contributed by atoms with Gasteiger partial charge in [0, 0.05) is 26.2 Å². The van der Waals surface area contributed by atoms with Crippen molar-refractivity contribution in [1.82, 2.24) is 0 Å². The van der Waals surface area contributed by atoms with Crippen molar-refractivity contribution in [1.29, 1.82) is 0 Å². The molecule has 0 spiro atoms. The molecule has 0 aromatic heterocycles. The standard InChI is InChI=1S/C16H30O5/c1-6-19-15(20-7-2)11-14(12(4)5)13(9-10-17)16(18)21-8-3/h13-15,17H,4,6-11H2,1-3,5H3. The summed E-state index contributed by atoms with van der Waals surface area (Å²) in [6.45, 7) is 12.8. The topological polar surface area (TPSA) is 65.0 Å². The summed E-state index contributed by atoms with van der Waals surface area (Å²) in [5.74, 6) is -0.860. The van der Waals surface area contributed by atoms with Gasteiger partial charge in [-0.25, -0.2) is 0 Å². The van der Waals surface area contributed by atoms with Gasteiger partial charge in [-0.3, -0.25) is 4.79 Å². The van der Waals surface area contributed by atoms with Crippen LogP contribution in [0.2, 0.25) is 0 Å². The molecule has 0 radical (unpaired) electrons. The lowest BCUT2D eigenvalue weighted by atomic mass is 9.82. The molecule has 124 valence electrons. The molecule has 0 amide bonds.